The number of benzene rings is 2. The summed E-state index contributed by atoms with van der Waals surface area (Å²) < 4.78 is 5.41. The van der Waals surface area contributed by atoms with Gasteiger partial charge in [0.15, 0.2) is 0 Å². The van der Waals surface area contributed by atoms with Gasteiger partial charge in [0, 0.05) is 18.1 Å². The molecule has 0 aromatic heterocycles. The molecule has 0 saturated carbocycles. The molecule has 0 saturated heterocycles. The van der Waals surface area contributed by atoms with Crippen LogP contribution in [0.15, 0.2) is 48.5 Å². The number of rotatable bonds is 4. The topological polar surface area (TPSA) is 29.5 Å². The van der Waals surface area contributed by atoms with Crippen molar-refractivity contribution in [3.8, 4) is 16.9 Å². The second kappa shape index (κ2) is 5.69. The van der Waals surface area contributed by atoms with E-state index < -0.39 is 0 Å². The smallest absolute Gasteiger partial charge is 0.126 e. The minimum absolute atomic E-state index is 0.137. The summed E-state index contributed by atoms with van der Waals surface area (Å²) in [5, 5.41) is 9.24. The molecular weight excluding hydrogens is 224 g/mol. The summed E-state index contributed by atoms with van der Waals surface area (Å²) in [5.74, 6) is 0.994. The Labute approximate surface area is 108 Å². The summed E-state index contributed by atoms with van der Waals surface area (Å²) in [6, 6.07) is 16.2. The lowest BCUT2D eigenvalue weighted by atomic mass is 9.96. The third kappa shape index (κ3) is 2.54. The first-order chi connectivity index (χ1) is 8.76. The molecule has 2 aromatic carbocycles. The van der Waals surface area contributed by atoms with Gasteiger partial charge in [0.2, 0.25) is 0 Å². The summed E-state index contributed by atoms with van der Waals surface area (Å²) in [6.45, 7) is 2.16. The van der Waals surface area contributed by atoms with E-state index in [2.05, 4.69) is 18.2 Å². The molecule has 18 heavy (non-hydrogen) atoms. The number of methoxy groups -OCH3 is 1. The van der Waals surface area contributed by atoms with Gasteiger partial charge in [-0.25, -0.2) is 0 Å². The fourth-order valence-electron chi connectivity index (χ4n) is 1.98. The molecule has 1 unspecified atom stereocenters. The molecule has 2 nitrogen and oxygen atoms in total. The minimum Gasteiger partial charge on any atom is -0.496 e. The number of aliphatic hydroxyl groups excluding tert-OH is 1. The normalized spacial score (nSPS) is 12.2. The van der Waals surface area contributed by atoms with Crippen LogP contribution in [0, 0.1) is 0 Å². The van der Waals surface area contributed by atoms with E-state index in [1.807, 2.05) is 37.3 Å². The van der Waals surface area contributed by atoms with Crippen LogP contribution in [0.5, 0.6) is 5.75 Å². The van der Waals surface area contributed by atoms with Crippen molar-refractivity contribution in [3.63, 3.8) is 0 Å². The predicted molar refractivity (Wildman–Crippen MR) is 73.9 cm³/mol. The van der Waals surface area contributed by atoms with E-state index in [0.717, 1.165) is 22.4 Å². The average molecular weight is 242 g/mol. The Kier molecular flexibility index (Phi) is 4.00. The van der Waals surface area contributed by atoms with Crippen LogP contribution in [0.2, 0.25) is 0 Å². The summed E-state index contributed by atoms with van der Waals surface area (Å²) in [4.78, 5) is 0. The molecule has 1 N–H and O–H groups in total. The van der Waals surface area contributed by atoms with Crippen molar-refractivity contribution < 1.29 is 9.84 Å². The van der Waals surface area contributed by atoms with E-state index in [0.29, 0.717) is 0 Å². The van der Waals surface area contributed by atoms with Gasteiger partial charge in [0.1, 0.15) is 5.75 Å². The van der Waals surface area contributed by atoms with Gasteiger partial charge in [-0.2, -0.15) is 0 Å². The van der Waals surface area contributed by atoms with Gasteiger partial charge < -0.3 is 9.84 Å². The van der Waals surface area contributed by atoms with Crippen molar-refractivity contribution in [1.82, 2.24) is 0 Å². The van der Waals surface area contributed by atoms with Crippen molar-refractivity contribution in [1.29, 1.82) is 0 Å². The zero-order chi connectivity index (χ0) is 13.0. The SMILES string of the molecule is COc1ccc(C(C)CO)cc1-c1ccccc1. The third-order valence-electron chi connectivity index (χ3n) is 3.15. The van der Waals surface area contributed by atoms with Crippen LogP contribution in [0.4, 0.5) is 0 Å². The molecule has 1 atom stereocenters. The fourth-order valence-corrected chi connectivity index (χ4v) is 1.98. The lowest BCUT2D eigenvalue weighted by Crippen LogP contribution is -1.99. The first-order valence-corrected chi connectivity index (χ1v) is 6.10. The third-order valence-corrected chi connectivity index (χ3v) is 3.15. The summed E-state index contributed by atoms with van der Waals surface area (Å²) >= 11 is 0. The Balaban J connectivity index is 2.50. The first-order valence-electron chi connectivity index (χ1n) is 6.10. The highest BCUT2D eigenvalue weighted by Gasteiger charge is 2.10. The second-order valence-corrected chi connectivity index (χ2v) is 4.41. The molecule has 2 aromatic rings. The molecule has 0 heterocycles. The van der Waals surface area contributed by atoms with Gasteiger partial charge in [-0.1, -0.05) is 43.3 Å². The van der Waals surface area contributed by atoms with E-state index in [9.17, 15) is 5.11 Å². The summed E-state index contributed by atoms with van der Waals surface area (Å²) in [6.07, 6.45) is 0. The van der Waals surface area contributed by atoms with Gasteiger partial charge in [0.05, 0.1) is 7.11 Å². The molecule has 0 bridgehead atoms. The number of hydrogen-bond acceptors (Lipinski definition) is 2. The molecule has 0 aliphatic carbocycles. The highest BCUT2D eigenvalue weighted by Crippen LogP contribution is 2.32. The van der Waals surface area contributed by atoms with Gasteiger partial charge in [-0.05, 0) is 23.3 Å². The predicted octanol–water partition coefficient (Wildman–Crippen LogP) is 3.46. The second-order valence-electron chi connectivity index (χ2n) is 4.41. The minimum atomic E-state index is 0.137. The maximum Gasteiger partial charge on any atom is 0.126 e. The Morgan fingerprint density at radius 2 is 1.83 bits per heavy atom. The monoisotopic (exact) mass is 242 g/mol. The van der Waals surface area contributed by atoms with Crippen molar-refractivity contribution in [2.45, 2.75) is 12.8 Å². The van der Waals surface area contributed by atoms with Gasteiger partial charge in [-0.3, -0.25) is 0 Å². The van der Waals surface area contributed by atoms with Crippen molar-refractivity contribution in [2.24, 2.45) is 0 Å². The van der Waals surface area contributed by atoms with E-state index in [4.69, 9.17) is 4.74 Å². The van der Waals surface area contributed by atoms with Crippen LogP contribution >= 0.6 is 0 Å². The molecule has 0 spiro atoms. The highest BCUT2D eigenvalue weighted by atomic mass is 16.5. The molecular formula is C16H18O2. The zero-order valence-corrected chi connectivity index (χ0v) is 10.8. The Hall–Kier alpha value is -1.80. The number of hydrogen-bond donors (Lipinski definition) is 1. The summed E-state index contributed by atoms with van der Waals surface area (Å²) in [5.41, 5.74) is 3.31. The summed E-state index contributed by atoms with van der Waals surface area (Å²) in [7, 11) is 1.68. The molecule has 94 valence electrons. The maximum absolute atomic E-state index is 9.24. The van der Waals surface area contributed by atoms with Crippen LogP contribution < -0.4 is 4.74 Å². The highest BCUT2D eigenvalue weighted by molar-refractivity contribution is 5.71. The van der Waals surface area contributed by atoms with Crippen molar-refractivity contribution >= 4 is 0 Å². The van der Waals surface area contributed by atoms with E-state index >= 15 is 0 Å². The average Bonchev–Trinajstić information content (AvgIpc) is 2.46. The molecule has 0 fully saturated rings. The Morgan fingerprint density at radius 1 is 1.11 bits per heavy atom. The van der Waals surface area contributed by atoms with Crippen LogP contribution in [-0.2, 0) is 0 Å². The Bertz CT molecular complexity index is 506. The van der Waals surface area contributed by atoms with E-state index in [-0.39, 0.29) is 12.5 Å². The van der Waals surface area contributed by atoms with Gasteiger partial charge in [0.25, 0.3) is 0 Å². The molecule has 0 aliphatic rings. The number of ether oxygens (including phenoxy) is 1. The lowest BCUT2D eigenvalue weighted by Gasteiger charge is -2.14. The fraction of sp³-hybridized carbons (Fsp3) is 0.250. The standard InChI is InChI=1S/C16H18O2/c1-12(11-17)14-8-9-16(18-2)15(10-14)13-6-4-3-5-7-13/h3-10,12,17H,11H2,1-2H3. The molecule has 0 radical (unpaired) electrons. The lowest BCUT2D eigenvalue weighted by molar-refractivity contribution is 0.273. The van der Waals surface area contributed by atoms with Crippen LogP contribution in [0.25, 0.3) is 11.1 Å². The zero-order valence-electron chi connectivity index (χ0n) is 10.8. The van der Waals surface area contributed by atoms with Gasteiger partial charge in [-0.15, -0.1) is 0 Å². The van der Waals surface area contributed by atoms with Crippen LogP contribution in [-0.4, -0.2) is 18.8 Å². The van der Waals surface area contributed by atoms with Crippen molar-refractivity contribution in [3.05, 3.63) is 54.1 Å². The van der Waals surface area contributed by atoms with Crippen LogP contribution in [0.1, 0.15) is 18.4 Å². The number of aliphatic hydroxyl groups is 1. The maximum atomic E-state index is 9.24. The van der Waals surface area contributed by atoms with E-state index in [1.54, 1.807) is 7.11 Å². The molecule has 2 heteroatoms. The van der Waals surface area contributed by atoms with E-state index in [1.165, 1.54) is 0 Å². The molecule has 0 aliphatic heterocycles. The molecule has 0 amide bonds. The largest absolute Gasteiger partial charge is 0.496 e. The van der Waals surface area contributed by atoms with Crippen molar-refractivity contribution in [2.75, 3.05) is 13.7 Å². The first kappa shape index (κ1) is 12.7. The van der Waals surface area contributed by atoms with Crippen LogP contribution in [0.3, 0.4) is 0 Å². The quantitative estimate of drug-likeness (QED) is 0.889. The van der Waals surface area contributed by atoms with Gasteiger partial charge >= 0.3 is 0 Å². The molecule has 2 rings (SSSR count). The Morgan fingerprint density at radius 3 is 2.44 bits per heavy atom.